The summed E-state index contributed by atoms with van der Waals surface area (Å²) in [7, 11) is 0. The number of hydrogen-bond acceptors (Lipinski definition) is 2. The molecule has 92 valence electrons. The van der Waals surface area contributed by atoms with Gasteiger partial charge in [0.1, 0.15) is 11.6 Å². The van der Waals surface area contributed by atoms with Crippen LogP contribution < -0.4 is 4.74 Å². The Morgan fingerprint density at radius 2 is 2.29 bits per heavy atom. The van der Waals surface area contributed by atoms with Gasteiger partial charge in [-0.3, -0.25) is 4.79 Å². The second kappa shape index (κ2) is 5.41. The van der Waals surface area contributed by atoms with E-state index < -0.39 is 0 Å². The molecule has 1 amide bonds. The lowest BCUT2D eigenvalue weighted by atomic mass is 9.99. The van der Waals surface area contributed by atoms with Crippen LogP contribution in [0.3, 0.4) is 0 Å². The predicted octanol–water partition coefficient (Wildman–Crippen LogP) is 2.21. The van der Waals surface area contributed by atoms with Crippen molar-refractivity contribution in [3.63, 3.8) is 0 Å². The largest absolute Gasteiger partial charge is 0.494 e. The van der Waals surface area contributed by atoms with Crippen molar-refractivity contribution in [3.05, 3.63) is 29.3 Å². The monoisotopic (exact) mass is 253 g/mol. The number of rotatable bonds is 3. The van der Waals surface area contributed by atoms with Crippen molar-refractivity contribution in [1.82, 2.24) is 4.90 Å². The van der Waals surface area contributed by atoms with E-state index in [4.69, 9.17) is 16.3 Å². The number of halogens is 1. The van der Waals surface area contributed by atoms with Crippen LogP contribution in [0.25, 0.3) is 0 Å². The summed E-state index contributed by atoms with van der Waals surface area (Å²) >= 11 is 5.57. The van der Waals surface area contributed by atoms with Gasteiger partial charge in [0.2, 0.25) is 5.91 Å². The van der Waals surface area contributed by atoms with E-state index >= 15 is 0 Å². The number of nitrogens with zero attached hydrogens (tertiary/aromatic N) is 1. The van der Waals surface area contributed by atoms with Gasteiger partial charge in [0.25, 0.3) is 0 Å². The second-order valence-corrected chi connectivity index (χ2v) is 4.33. The molecule has 3 nitrogen and oxygen atoms in total. The quantitative estimate of drug-likeness (QED) is 0.773. The first-order valence-corrected chi connectivity index (χ1v) is 6.36. The van der Waals surface area contributed by atoms with Crippen LogP contribution in [0.1, 0.15) is 18.1 Å². The molecule has 2 rings (SSSR count). The van der Waals surface area contributed by atoms with Crippen LogP contribution in [-0.2, 0) is 17.8 Å². The van der Waals surface area contributed by atoms with E-state index in [0.717, 1.165) is 18.7 Å². The summed E-state index contributed by atoms with van der Waals surface area (Å²) in [5, 5.41) is 0. The molecule has 1 heterocycles. The zero-order valence-corrected chi connectivity index (χ0v) is 10.7. The molecule has 0 saturated heterocycles. The van der Waals surface area contributed by atoms with E-state index in [1.54, 1.807) is 4.90 Å². The Balaban J connectivity index is 2.14. The van der Waals surface area contributed by atoms with Gasteiger partial charge in [-0.2, -0.15) is 0 Å². The van der Waals surface area contributed by atoms with E-state index in [9.17, 15) is 4.79 Å². The van der Waals surface area contributed by atoms with E-state index in [-0.39, 0.29) is 11.8 Å². The van der Waals surface area contributed by atoms with Crippen molar-refractivity contribution in [3.8, 4) is 5.75 Å². The summed E-state index contributed by atoms with van der Waals surface area (Å²) in [6, 6.07) is 6.06. The standard InChI is InChI=1S/C13H16ClNO2/c1-2-17-12-4-3-11-9-15(13(16)8-14)6-5-10(11)7-12/h3-4,7H,2,5-6,8-9H2,1H3. The van der Waals surface area contributed by atoms with Crippen LogP contribution in [0.15, 0.2) is 18.2 Å². The number of carbonyl (C=O) groups excluding carboxylic acids is 1. The van der Waals surface area contributed by atoms with Gasteiger partial charge in [-0.1, -0.05) is 6.07 Å². The Hall–Kier alpha value is -1.22. The highest BCUT2D eigenvalue weighted by Gasteiger charge is 2.20. The van der Waals surface area contributed by atoms with Gasteiger partial charge in [-0.25, -0.2) is 0 Å². The molecule has 0 radical (unpaired) electrons. The first-order chi connectivity index (χ1) is 8.24. The topological polar surface area (TPSA) is 29.5 Å². The number of ether oxygens (including phenoxy) is 1. The number of benzene rings is 1. The summed E-state index contributed by atoms with van der Waals surface area (Å²) in [5.41, 5.74) is 2.47. The maximum absolute atomic E-state index is 11.5. The van der Waals surface area contributed by atoms with Gasteiger partial charge in [-0.15, -0.1) is 11.6 Å². The molecule has 0 atom stereocenters. The van der Waals surface area contributed by atoms with Gasteiger partial charge in [0.15, 0.2) is 0 Å². The molecule has 0 spiro atoms. The molecule has 0 unspecified atom stereocenters. The lowest BCUT2D eigenvalue weighted by molar-refractivity contribution is -0.129. The van der Waals surface area contributed by atoms with Crippen molar-refractivity contribution in [1.29, 1.82) is 0 Å². The molecule has 1 aliphatic heterocycles. The average Bonchev–Trinajstić information content (AvgIpc) is 2.37. The summed E-state index contributed by atoms with van der Waals surface area (Å²) < 4.78 is 5.47. The van der Waals surface area contributed by atoms with E-state index in [1.165, 1.54) is 11.1 Å². The predicted molar refractivity (Wildman–Crippen MR) is 67.5 cm³/mol. The third-order valence-electron chi connectivity index (χ3n) is 2.97. The van der Waals surface area contributed by atoms with E-state index in [0.29, 0.717) is 13.2 Å². The third-order valence-corrected chi connectivity index (χ3v) is 3.20. The highest BCUT2D eigenvalue weighted by Crippen LogP contribution is 2.24. The van der Waals surface area contributed by atoms with Crippen molar-refractivity contribution in [2.75, 3.05) is 19.0 Å². The Morgan fingerprint density at radius 3 is 3.00 bits per heavy atom. The molecular weight excluding hydrogens is 238 g/mol. The van der Waals surface area contributed by atoms with Gasteiger partial charge >= 0.3 is 0 Å². The maximum Gasteiger partial charge on any atom is 0.237 e. The van der Waals surface area contributed by atoms with Crippen LogP contribution in [0.4, 0.5) is 0 Å². The third kappa shape index (κ3) is 2.72. The fourth-order valence-electron chi connectivity index (χ4n) is 2.08. The number of fused-ring (bicyclic) bond motifs is 1. The normalized spacial score (nSPS) is 14.4. The van der Waals surface area contributed by atoms with Crippen molar-refractivity contribution < 1.29 is 9.53 Å². The minimum atomic E-state index is 0.00574. The fraction of sp³-hybridized carbons (Fsp3) is 0.462. The van der Waals surface area contributed by atoms with E-state index in [2.05, 4.69) is 6.07 Å². The smallest absolute Gasteiger partial charge is 0.237 e. The minimum absolute atomic E-state index is 0.00574. The zero-order chi connectivity index (χ0) is 12.3. The summed E-state index contributed by atoms with van der Waals surface area (Å²) in [4.78, 5) is 13.3. The first-order valence-electron chi connectivity index (χ1n) is 5.83. The Kier molecular flexibility index (Phi) is 3.89. The Morgan fingerprint density at radius 1 is 1.47 bits per heavy atom. The van der Waals surface area contributed by atoms with Crippen LogP contribution in [-0.4, -0.2) is 29.8 Å². The van der Waals surface area contributed by atoms with Gasteiger partial charge in [-0.05, 0) is 36.6 Å². The summed E-state index contributed by atoms with van der Waals surface area (Å²) in [6.45, 7) is 4.05. The zero-order valence-electron chi connectivity index (χ0n) is 9.91. The highest BCUT2D eigenvalue weighted by atomic mass is 35.5. The molecule has 0 aliphatic carbocycles. The minimum Gasteiger partial charge on any atom is -0.494 e. The number of amides is 1. The molecular formula is C13H16ClNO2. The van der Waals surface area contributed by atoms with Crippen LogP contribution in [0, 0.1) is 0 Å². The van der Waals surface area contributed by atoms with Crippen LogP contribution in [0.5, 0.6) is 5.75 Å². The van der Waals surface area contributed by atoms with Crippen molar-refractivity contribution in [2.24, 2.45) is 0 Å². The second-order valence-electron chi connectivity index (χ2n) is 4.06. The SMILES string of the molecule is CCOc1ccc2c(c1)CCN(C(=O)CCl)C2. The molecule has 0 saturated carbocycles. The molecule has 1 aromatic rings. The molecule has 4 heteroatoms. The molecule has 0 fully saturated rings. The molecule has 1 aliphatic rings. The Labute approximate surface area is 106 Å². The summed E-state index contributed by atoms with van der Waals surface area (Å²) in [6.07, 6.45) is 0.874. The molecule has 17 heavy (non-hydrogen) atoms. The lowest BCUT2D eigenvalue weighted by Gasteiger charge is -2.28. The van der Waals surface area contributed by atoms with Gasteiger partial charge in [0.05, 0.1) is 6.61 Å². The van der Waals surface area contributed by atoms with Crippen LogP contribution in [0.2, 0.25) is 0 Å². The molecule has 0 bridgehead atoms. The van der Waals surface area contributed by atoms with Crippen molar-refractivity contribution in [2.45, 2.75) is 19.9 Å². The molecule has 1 aromatic carbocycles. The Bertz CT molecular complexity index is 420. The maximum atomic E-state index is 11.5. The first kappa shape index (κ1) is 12.2. The fourth-order valence-corrected chi connectivity index (χ4v) is 2.25. The van der Waals surface area contributed by atoms with Gasteiger partial charge in [0, 0.05) is 13.1 Å². The van der Waals surface area contributed by atoms with Gasteiger partial charge < -0.3 is 9.64 Å². The number of alkyl halides is 1. The average molecular weight is 254 g/mol. The molecule has 0 N–H and O–H groups in total. The highest BCUT2D eigenvalue weighted by molar-refractivity contribution is 6.27. The van der Waals surface area contributed by atoms with E-state index in [1.807, 2.05) is 19.1 Å². The van der Waals surface area contributed by atoms with Crippen LogP contribution >= 0.6 is 11.6 Å². The number of carbonyl (C=O) groups is 1. The van der Waals surface area contributed by atoms with Crippen molar-refractivity contribution >= 4 is 17.5 Å². The summed E-state index contributed by atoms with van der Waals surface area (Å²) in [5.74, 6) is 0.974. The lowest BCUT2D eigenvalue weighted by Crippen LogP contribution is -2.36. The molecule has 0 aromatic heterocycles. The number of hydrogen-bond donors (Lipinski definition) is 0.